The molecule has 0 fully saturated rings. The smallest absolute Gasteiger partial charge is 0.251 e. The molecule has 0 atom stereocenters. The molecule has 1 aliphatic rings. The van der Waals surface area contributed by atoms with Crippen molar-refractivity contribution in [3.05, 3.63) is 23.3 Å². The molecule has 0 spiro atoms. The van der Waals surface area contributed by atoms with Gasteiger partial charge in [0.05, 0.1) is 0 Å². The van der Waals surface area contributed by atoms with E-state index in [2.05, 4.69) is 5.32 Å². The van der Waals surface area contributed by atoms with Crippen LogP contribution in [0.1, 0.15) is 6.92 Å². The van der Waals surface area contributed by atoms with E-state index < -0.39 is 0 Å². The number of allylic oxidation sites excluding steroid dienone is 1. The lowest BCUT2D eigenvalue weighted by Crippen LogP contribution is -2.16. The molecule has 0 bridgehead atoms. The molecule has 3 heteroatoms. The Labute approximate surface area is 65.3 Å². The predicted octanol–water partition coefficient (Wildman–Crippen LogP) is 0.638. The Morgan fingerprint density at radius 2 is 2.36 bits per heavy atom. The lowest BCUT2D eigenvalue weighted by molar-refractivity contribution is -0.116. The zero-order chi connectivity index (χ0) is 8.27. The Morgan fingerprint density at radius 1 is 1.64 bits per heavy atom. The number of hydrogen-bond donors (Lipinski definition) is 2. The SMILES string of the molecule is C/C=C\C1=C(C=N)CNC1=O. The fourth-order valence-electron chi connectivity index (χ4n) is 0.990. The Morgan fingerprint density at radius 3 is 2.91 bits per heavy atom. The minimum absolute atomic E-state index is 0.0819. The van der Waals surface area contributed by atoms with Crippen molar-refractivity contribution < 1.29 is 4.79 Å². The first-order valence-corrected chi connectivity index (χ1v) is 3.44. The molecule has 0 saturated heterocycles. The van der Waals surface area contributed by atoms with Gasteiger partial charge in [-0.2, -0.15) is 0 Å². The molecule has 3 nitrogen and oxygen atoms in total. The van der Waals surface area contributed by atoms with Crippen LogP contribution in [0.25, 0.3) is 0 Å². The van der Waals surface area contributed by atoms with Crippen molar-refractivity contribution >= 4 is 12.1 Å². The molecule has 0 radical (unpaired) electrons. The average molecular weight is 150 g/mol. The van der Waals surface area contributed by atoms with Gasteiger partial charge in [-0.3, -0.25) is 4.79 Å². The van der Waals surface area contributed by atoms with Crippen molar-refractivity contribution in [2.75, 3.05) is 6.54 Å². The molecule has 58 valence electrons. The molecule has 1 amide bonds. The summed E-state index contributed by atoms with van der Waals surface area (Å²) in [5.41, 5.74) is 1.37. The summed E-state index contributed by atoms with van der Waals surface area (Å²) in [5, 5.41) is 9.63. The molecule has 0 aromatic heterocycles. The van der Waals surface area contributed by atoms with E-state index in [9.17, 15) is 4.79 Å². The highest BCUT2D eigenvalue weighted by Gasteiger charge is 2.17. The molecule has 1 aliphatic heterocycles. The fourth-order valence-corrected chi connectivity index (χ4v) is 0.990. The van der Waals surface area contributed by atoms with Gasteiger partial charge < -0.3 is 10.7 Å². The molecule has 0 unspecified atom stereocenters. The predicted molar refractivity (Wildman–Crippen MR) is 43.6 cm³/mol. The minimum Gasteiger partial charge on any atom is -0.348 e. The highest BCUT2D eigenvalue weighted by Crippen LogP contribution is 2.09. The van der Waals surface area contributed by atoms with Crippen LogP contribution in [0.4, 0.5) is 0 Å². The first kappa shape index (κ1) is 7.72. The van der Waals surface area contributed by atoms with Crippen molar-refractivity contribution in [2.45, 2.75) is 6.92 Å². The Bertz CT molecular complexity index is 251. The van der Waals surface area contributed by atoms with Gasteiger partial charge in [0.1, 0.15) is 0 Å². The molecule has 2 N–H and O–H groups in total. The van der Waals surface area contributed by atoms with Crippen LogP contribution in [0.3, 0.4) is 0 Å². The summed E-state index contributed by atoms with van der Waals surface area (Å²) < 4.78 is 0. The minimum atomic E-state index is -0.0819. The van der Waals surface area contributed by atoms with Gasteiger partial charge in [0.15, 0.2) is 0 Å². The molecule has 0 aliphatic carbocycles. The van der Waals surface area contributed by atoms with Crippen LogP contribution in [-0.4, -0.2) is 18.7 Å². The first-order chi connectivity index (χ1) is 5.29. The summed E-state index contributed by atoms with van der Waals surface area (Å²) in [6, 6.07) is 0. The van der Waals surface area contributed by atoms with Crippen molar-refractivity contribution in [1.29, 1.82) is 5.41 Å². The van der Waals surface area contributed by atoms with E-state index >= 15 is 0 Å². The van der Waals surface area contributed by atoms with Crippen LogP contribution in [0.5, 0.6) is 0 Å². The van der Waals surface area contributed by atoms with Crippen LogP contribution in [-0.2, 0) is 4.79 Å². The van der Waals surface area contributed by atoms with E-state index in [-0.39, 0.29) is 5.91 Å². The number of carbonyl (C=O) groups excluding carboxylic acids is 1. The van der Waals surface area contributed by atoms with Crippen LogP contribution < -0.4 is 5.32 Å². The van der Waals surface area contributed by atoms with Gasteiger partial charge in [0.2, 0.25) is 0 Å². The normalized spacial score (nSPS) is 17.7. The van der Waals surface area contributed by atoms with Gasteiger partial charge in [-0.05, 0) is 6.92 Å². The third-order valence-corrected chi connectivity index (χ3v) is 1.54. The van der Waals surface area contributed by atoms with Crippen LogP contribution in [0.15, 0.2) is 23.3 Å². The fraction of sp³-hybridized carbons (Fsp3) is 0.250. The third-order valence-electron chi connectivity index (χ3n) is 1.54. The number of carbonyl (C=O) groups is 1. The maximum atomic E-state index is 11.0. The number of rotatable bonds is 2. The van der Waals surface area contributed by atoms with Crippen molar-refractivity contribution in [1.82, 2.24) is 5.32 Å². The maximum Gasteiger partial charge on any atom is 0.251 e. The topological polar surface area (TPSA) is 53.0 Å². The Hall–Kier alpha value is -1.38. The van der Waals surface area contributed by atoms with Crippen molar-refractivity contribution in [2.24, 2.45) is 0 Å². The zero-order valence-electron chi connectivity index (χ0n) is 6.35. The molecular formula is C8H10N2O. The van der Waals surface area contributed by atoms with E-state index in [0.29, 0.717) is 12.1 Å². The standard InChI is InChI=1S/C8H10N2O/c1-2-3-7-6(4-9)5-10-8(7)11/h2-4,9H,5H2,1H3,(H,10,11)/b3-2-,9-4?. The lowest BCUT2D eigenvalue weighted by atomic mass is 10.1. The van der Waals surface area contributed by atoms with Gasteiger partial charge >= 0.3 is 0 Å². The quantitative estimate of drug-likeness (QED) is 0.557. The van der Waals surface area contributed by atoms with E-state index in [1.54, 1.807) is 12.2 Å². The number of amides is 1. The van der Waals surface area contributed by atoms with Crippen LogP contribution in [0, 0.1) is 5.41 Å². The summed E-state index contributed by atoms with van der Waals surface area (Å²) in [4.78, 5) is 11.0. The maximum absolute atomic E-state index is 11.0. The molecule has 1 heterocycles. The van der Waals surface area contributed by atoms with Crippen molar-refractivity contribution in [3.63, 3.8) is 0 Å². The van der Waals surface area contributed by atoms with E-state index in [1.165, 1.54) is 6.21 Å². The molecule has 11 heavy (non-hydrogen) atoms. The third kappa shape index (κ3) is 1.37. The Balaban J connectivity index is 2.98. The molecular weight excluding hydrogens is 140 g/mol. The molecule has 0 aromatic rings. The first-order valence-electron chi connectivity index (χ1n) is 3.44. The Kier molecular flexibility index (Phi) is 2.21. The monoisotopic (exact) mass is 150 g/mol. The largest absolute Gasteiger partial charge is 0.348 e. The van der Waals surface area contributed by atoms with Crippen molar-refractivity contribution in [3.8, 4) is 0 Å². The van der Waals surface area contributed by atoms with E-state index in [4.69, 9.17) is 5.41 Å². The summed E-state index contributed by atoms with van der Waals surface area (Å²) in [5.74, 6) is -0.0819. The van der Waals surface area contributed by atoms with Crippen LogP contribution >= 0.6 is 0 Å². The van der Waals surface area contributed by atoms with Gasteiger partial charge in [-0.1, -0.05) is 12.2 Å². The second kappa shape index (κ2) is 3.14. The molecule has 0 aromatic carbocycles. The van der Waals surface area contributed by atoms with E-state index in [0.717, 1.165) is 5.57 Å². The molecule has 1 rings (SSSR count). The summed E-state index contributed by atoms with van der Waals surface area (Å²) in [6.45, 7) is 2.34. The van der Waals surface area contributed by atoms with Gasteiger partial charge in [-0.25, -0.2) is 0 Å². The van der Waals surface area contributed by atoms with Gasteiger partial charge in [0.25, 0.3) is 5.91 Å². The summed E-state index contributed by atoms with van der Waals surface area (Å²) >= 11 is 0. The zero-order valence-corrected chi connectivity index (χ0v) is 6.35. The summed E-state index contributed by atoms with van der Waals surface area (Å²) in [7, 11) is 0. The van der Waals surface area contributed by atoms with Crippen LogP contribution in [0.2, 0.25) is 0 Å². The summed E-state index contributed by atoms with van der Waals surface area (Å²) in [6.07, 6.45) is 4.74. The van der Waals surface area contributed by atoms with E-state index in [1.807, 2.05) is 6.92 Å². The highest BCUT2D eigenvalue weighted by atomic mass is 16.1. The average Bonchev–Trinajstić information content (AvgIpc) is 2.34. The number of nitrogens with one attached hydrogen (secondary N) is 2. The van der Waals surface area contributed by atoms with Gasteiger partial charge in [-0.15, -0.1) is 0 Å². The highest BCUT2D eigenvalue weighted by molar-refractivity contribution is 6.05. The lowest BCUT2D eigenvalue weighted by Gasteiger charge is -1.89. The number of hydrogen-bond acceptors (Lipinski definition) is 2. The van der Waals surface area contributed by atoms with Gasteiger partial charge in [0, 0.05) is 23.9 Å². The second-order valence-electron chi connectivity index (χ2n) is 2.27. The second-order valence-corrected chi connectivity index (χ2v) is 2.27. The molecule has 0 saturated carbocycles.